The summed E-state index contributed by atoms with van der Waals surface area (Å²) >= 11 is 0. The molecule has 0 amide bonds. The van der Waals surface area contributed by atoms with Gasteiger partial charge in [-0.2, -0.15) is 8.82 Å². The topological polar surface area (TPSA) is 83.7 Å². The molecule has 0 spiro atoms. The van der Waals surface area contributed by atoms with E-state index in [0.717, 1.165) is 5.82 Å². The number of anilines is 1. The largest absolute Gasteiger partial charge is 0.353 e. The summed E-state index contributed by atoms with van der Waals surface area (Å²) in [7, 11) is -3.64. The molecule has 1 aliphatic rings. The van der Waals surface area contributed by atoms with E-state index >= 15 is 0 Å². The van der Waals surface area contributed by atoms with E-state index in [1.165, 1.54) is 22.5 Å². The van der Waals surface area contributed by atoms with Gasteiger partial charge in [0.2, 0.25) is 10.0 Å². The molecule has 1 aliphatic heterocycles. The van der Waals surface area contributed by atoms with Crippen LogP contribution in [-0.2, 0) is 10.0 Å². The minimum absolute atomic E-state index is 0.120. The molecule has 27 heavy (non-hydrogen) atoms. The molecule has 2 aromatic heterocycles. The molecule has 3 aromatic rings. The molecule has 142 valence electrons. The quantitative estimate of drug-likeness (QED) is 0.672. The number of sulfonamides is 1. The van der Waals surface area contributed by atoms with Gasteiger partial charge in [-0.3, -0.25) is 0 Å². The molecule has 0 saturated carbocycles. The summed E-state index contributed by atoms with van der Waals surface area (Å²) in [5.41, 5.74) is 0.987. The molecular formula is C17H19FN6O2S. The fraction of sp³-hybridized carbons (Fsp3) is 0.353. The zero-order valence-corrected chi connectivity index (χ0v) is 15.8. The highest BCUT2D eigenvalue weighted by Crippen LogP contribution is 2.22. The molecule has 0 N–H and O–H groups in total. The van der Waals surface area contributed by atoms with Crippen LogP contribution in [-0.4, -0.2) is 58.7 Å². The molecule has 1 saturated heterocycles. The molecule has 0 bridgehead atoms. The zero-order valence-electron chi connectivity index (χ0n) is 15.0. The molecular weight excluding hydrogens is 371 g/mol. The SMILES string of the molecule is Cc1cc(S(=O)(=O)N2CCN(c3ccc4nnc(C)n4n3)CC2)ccc1F. The highest BCUT2D eigenvalue weighted by Gasteiger charge is 2.29. The maximum atomic E-state index is 13.5. The van der Waals surface area contributed by atoms with Crippen molar-refractivity contribution in [1.82, 2.24) is 24.1 Å². The average molecular weight is 390 g/mol. The van der Waals surface area contributed by atoms with Crippen molar-refractivity contribution in [3.05, 3.63) is 47.5 Å². The van der Waals surface area contributed by atoms with Crippen LogP contribution in [0, 0.1) is 19.7 Å². The smallest absolute Gasteiger partial charge is 0.243 e. The first-order valence-electron chi connectivity index (χ1n) is 8.56. The maximum Gasteiger partial charge on any atom is 0.243 e. The number of aromatic nitrogens is 4. The van der Waals surface area contributed by atoms with E-state index in [0.29, 0.717) is 43.2 Å². The van der Waals surface area contributed by atoms with E-state index in [2.05, 4.69) is 15.3 Å². The van der Waals surface area contributed by atoms with Crippen LogP contribution in [0.5, 0.6) is 0 Å². The van der Waals surface area contributed by atoms with Crippen molar-refractivity contribution in [2.24, 2.45) is 0 Å². The minimum atomic E-state index is -3.64. The highest BCUT2D eigenvalue weighted by atomic mass is 32.2. The van der Waals surface area contributed by atoms with E-state index in [1.807, 2.05) is 24.0 Å². The van der Waals surface area contributed by atoms with Gasteiger partial charge in [-0.1, -0.05) is 0 Å². The minimum Gasteiger partial charge on any atom is -0.353 e. The molecule has 10 heteroatoms. The Bertz CT molecular complexity index is 1110. The van der Waals surface area contributed by atoms with Gasteiger partial charge in [0.25, 0.3) is 0 Å². The number of rotatable bonds is 3. The van der Waals surface area contributed by atoms with E-state index in [4.69, 9.17) is 0 Å². The average Bonchev–Trinajstić information content (AvgIpc) is 3.04. The number of piperazine rings is 1. The third kappa shape index (κ3) is 3.15. The molecule has 4 rings (SSSR count). The van der Waals surface area contributed by atoms with Crippen LogP contribution in [0.1, 0.15) is 11.4 Å². The van der Waals surface area contributed by atoms with Crippen LogP contribution >= 0.6 is 0 Å². The van der Waals surface area contributed by atoms with E-state index in [1.54, 1.807) is 11.4 Å². The fourth-order valence-corrected chi connectivity index (χ4v) is 4.65. The molecule has 0 unspecified atom stereocenters. The van der Waals surface area contributed by atoms with Crippen LogP contribution in [0.25, 0.3) is 5.65 Å². The lowest BCUT2D eigenvalue weighted by Crippen LogP contribution is -2.49. The van der Waals surface area contributed by atoms with Crippen molar-refractivity contribution in [3.63, 3.8) is 0 Å². The van der Waals surface area contributed by atoms with Gasteiger partial charge in [0.05, 0.1) is 4.90 Å². The van der Waals surface area contributed by atoms with Gasteiger partial charge in [0, 0.05) is 26.2 Å². The third-order valence-corrected chi connectivity index (χ3v) is 6.63. The summed E-state index contributed by atoms with van der Waals surface area (Å²) in [6.07, 6.45) is 0. The summed E-state index contributed by atoms with van der Waals surface area (Å²) in [4.78, 5) is 2.15. The van der Waals surface area contributed by atoms with Crippen LogP contribution in [0.3, 0.4) is 0 Å². The highest BCUT2D eigenvalue weighted by molar-refractivity contribution is 7.89. The summed E-state index contributed by atoms with van der Waals surface area (Å²) in [6.45, 7) is 5.07. The number of hydrogen-bond donors (Lipinski definition) is 0. The first-order valence-corrected chi connectivity index (χ1v) is 10.0. The number of nitrogens with zero attached hydrogens (tertiary/aromatic N) is 6. The lowest BCUT2D eigenvalue weighted by molar-refractivity contribution is 0.383. The Morgan fingerprint density at radius 2 is 1.74 bits per heavy atom. The molecule has 0 atom stereocenters. The van der Waals surface area contributed by atoms with Crippen molar-refractivity contribution < 1.29 is 12.8 Å². The van der Waals surface area contributed by atoms with E-state index in [-0.39, 0.29) is 4.90 Å². The normalized spacial score (nSPS) is 16.2. The Hall–Kier alpha value is -2.59. The van der Waals surface area contributed by atoms with Gasteiger partial charge in [0.1, 0.15) is 11.6 Å². The van der Waals surface area contributed by atoms with Crippen LogP contribution in [0.15, 0.2) is 35.2 Å². The van der Waals surface area contributed by atoms with Crippen LogP contribution < -0.4 is 4.90 Å². The number of fused-ring (bicyclic) bond motifs is 1. The zero-order chi connectivity index (χ0) is 19.2. The predicted octanol–water partition coefficient (Wildman–Crippen LogP) is 1.39. The monoisotopic (exact) mass is 390 g/mol. The second kappa shape index (κ2) is 6.54. The van der Waals surface area contributed by atoms with Gasteiger partial charge in [-0.15, -0.1) is 15.3 Å². The molecule has 3 heterocycles. The second-order valence-electron chi connectivity index (χ2n) is 6.51. The third-order valence-electron chi connectivity index (χ3n) is 4.73. The van der Waals surface area contributed by atoms with Crippen LogP contribution in [0.4, 0.5) is 10.2 Å². The Balaban J connectivity index is 1.52. The summed E-state index contributed by atoms with van der Waals surface area (Å²) in [5.74, 6) is 1.03. The van der Waals surface area contributed by atoms with Gasteiger partial charge >= 0.3 is 0 Å². The number of benzene rings is 1. The first kappa shape index (κ1) is 17.8. The van der Waals surface area contributed by atoms with Gasteiger partial charge in [-0.05, 0) is 49.7 Å². The van der Waals surface area contributed by atoms with E-state index < -0.39 is 15.8 Å². The standard InChI is InChI=1S/C17H19FN6O2S/c1-12-11-14(3-4-15(12)18)27(25,26)23-9-7-22(8-10-23)17-6-5-16-20-19-13(2)24(16)21-17/h3-6,11H,7-10H2,1-2H3. The first-order chi connectivity index (χ1) is 12.9. The summed E-state index contributed by atoms with van der Waals surface area (Å²) in [5, 5.41) is 12.5. The van der Waals surface area contributed by atoms with Crippen molar-refractivity contribution in [2.75, 3.05) is 31.1 Å². The van der Waals surface area contributed by atoms with Crippen molar-refractivity contribution in [1.29, 1.82) is 0 Å². The molecule has 8 nitrogen and oxygen atoms in total. The molecule has 1 fully saturated rings. The Labute approximate surface area is 156 Å². The molecule has 0 aliphatic carbocycles. The van der Waals surface area contributed by atoms with Crippen molar-refractivity contribution in [3.8, 4) is 0 Å². The number of aryl methyl sites for hydroxylation is 2. The molecule has 1 aromatic carbocycles. The molecule has 0 radical (unpaired) electrons. The second-order valence-corrected chi connectivity index (χ2v) is 8.45. The Morgan fingerprint density at radius 1 is 1.00 bits per heavy atom. The van der Waals surface area contributed by atoms with Crippen molar-refractivity contribution >= 4 is 21.5 Å². The Morgan fingerprint density at radius 3 is 2.44 bits per heavy atom. The van der Waals surface area contributed by atoms with Gasteiger partial charge < -0.3 is 4.90 Å². The predicted molar refractivity (Wildman–Crippen MR) is 97.6 cm³/mol. The van der Waals surface area contributed by atoms with Crippen LogP contribution in [0.2, 0.25) is 0 Å². The number of hydrogen-bond acceptors (Lipinski definition) is 6. The van der Waals surface area contributed by atoms with E-state index in [9.17, 15) is 12.8 Å². The lowest BCUT2D eigenvalue weighted by atomic mass is 10.2. The fourth-order valence-electron chi connectivity index (χ4n) is 3.14. The van der Waals surface area contributed by atoms with Crippen molar-refractivity contribution in [2.45, 2.75) is 18.7 Å². The number of halogens is 1. The maximum absolute atomic E-state index is 13.5. The summed E-state index contributed by atoms with van der Waals surface area (Å²) in [6, 6.07) is 7.58. The van der Waals surface area contributed by atoms with Gasteiger partial charge in [0.15, 0.2) is 11.5 Å². The summed E-state index contributed by atoms with van der Waals surface area (Å²) < 4.78 is 42.2. The lowest BCUT2D eigenvalue weighted by Gasteiger charge is -2.34. The Kier molecular flexibility index (Phi) is 4.31. The van der Waals surface area contributed by atoms with Gasteiger partial charge in [-0.25, -0.2) is 12.8 Å².